The zero-order valence-electron chi connectivity index (χ0n) is 28.7. The summed E-state index contributed by atoms with van der Waals surface area (Å²) in [5, 5.41) is 2.05. The summed E-state index contributed by atoms with van der Waals surface area (Å²) in [4.78, 5) is 7.35. The topological polar surface area (TPSA) is 42.4 Å². The van der Waals surface area contributed by atoms with Crippen molar-refractivity contribution in [3.05, 3.63) is 194 Å². The Kier molecular flexibility index (Phi) is 7.43. The van der Waals surface area contributed by atoms with Crippen molar-refractivity contribution >= 4 is 50.1 Å². The van der Waals surface area contributed by atoms with Gasteiger partial charge in [-0.3, -0.25) is 0 Å². The van der Waals surface area contributed by atoms with Crippen molar-refractivity contribution < 1.29 is 8.83 Å². The number of hydrogen-bond acceptors (Lipinski definition) is 4. The van der Waals surface area contributed by atoms with Crippen LogP contribution in [0.25, 0.3) is 77.9 Å². The van der Waals surface area contributed by atoms with Crippen LogP contribution in [0.2, 0.25) is 0 Å². The molecule has 0 amide bonds. The van der Waals surface area contributed by atoms with Crippen molar-refractivity contribution in [3.8, 4) is 44.8 Å². The van der Waals surface area contributed by atoms with Gasteiger partial charge in [0.25, 0.3) is 0 Å². The number of nitrogens with zero attached hydrogens (tertiary/aromatic N) is 2. The summed E-state index contributed by atoms with van der Waals surface area (Å²) in [5.74, 6) is 0.584. The summed E-state index contributed by atoms with van der Waals surface area (Å²) in [5.41, 5.74) is 13.9. The van der Waals surface area contributed by atoms with Gasteiger partial charge in [0.15, 0.2) is 5.58 Å². The first kappa shape index (κ1) is 30.6. The fourth-order valence-electron chi connectivity index (χ4n) is 7.33. The number of para-hydroxylation sites is 2. The Balaban J connectivity index is 1.08. The molecule has 10 aromatic rings. The summed E-state index contributed by atoms with van der Waals surface area (Å²) < 4.78 is 13.0. The summed E-state index contributed by atoms with van der Waals surface area (Å²) in [7, 11) is 0. The molecule has 0 fully saturated rings. The highest BCUT2D eigenvalue weighted by atomic mass is 16.4. The van der Waals surface area contributed by atoms with Gasteiger partial charge in [0.05, 0.1) is 5.56 Å². The predicted molar refractivity (Wildman–Crippen MR) is 218 cm³/mol. The van der Waals surface area contributed by atoms with Crippen LogP contribution >= 0.6 is 0 Å². The molecule has 0 spiro atoms. The summed E-state index contributed by atoms with van der Waals surface area (Å²) in [6.45, 7) is 0. The van der Waals surface area contributed by atoms with Gasteiger partial charge in [0.2, 0.25) is 5.89 Å². The van der Waals surface area contributed by atoms with Gasteiger partial charge in [-0.1, -0.05) is 133 Å². The van der Waals surface area contributed by atoms with Crippen LogP contribution in [-0.2, 0) is 0 Å². The first-order valence-corrected chi connectivity index (χ1v) is 17.8. The van der Waals surface area contributed by atoms with Gasteiger partial charge in [0.1, 0.15) is 16.7 Å². The molecule has 0 aliphatic heterocycles. The molecule has 0 N–H and O–H groups in total. The summed E-state index contributed by atoms with van der Waals surface area (Å²) in [6.07, 6.45) is 0. The predicted octanol–water partition coefficient (Wildman–Crippen LogP) is 13.9. The van der Waals surface area contributed by atoms with E-state index in [1.54, 1.807) is 0 Å². The molecule has 0 unspecified atom stereocenters. The third-order valence-corrected chi connectivity index (χ3v) is 9.91. The fourth-order valence-corrected chi connectivity index (χ4v) is 7.33. The van der Waals surface area contributed by atoms with E-state index in [0.717, 1.165) is 72.4 Å². The molecule has 2 aromatic heterocycles. The third kappa shape index (κ3) is 5.54. The molecule has 2 heterocycles. The summed E-state index contributed by atoms with van der Waals surface area (Å²) >= 11 is 0. The lowest BCUT2D eigenvalue weighted by atomic mass is 9.99. The van der Waals surface area contributed by atoms with Crippen LogP contribution in [0.5, 0.6) is 0 Å². The number of aromatic nitrogens is 1. The molecule has 0 aliphatic rings. The lowest BCUT2D eigenvalue weighted by Gasteiger charge is -2.26. The van der Waals surface area contributed by atoms with Crippen LogP contribution in [0.3, 0.4) is 0 Å². The van der Waals surface area contributed by atoms with Crippen LogP contribution in [0, 0.1) is 0 Å². The van der Waals surface area contributed by atoms with Gasteiger partial charge in [-0.25, -0.2) is 4.98 Å². The van der Waals surface area contributed by atoms with E-state index >= 15 is 0 Å². The maximum Gasteiger partial charge on any atom is 0.227 e. The van der Waals surface area contributed by atoms with E-state index in [-0.39, 0.29) is 0 Å². The number of oxazole rings is 1. The molecule has 250 valence electrons. The second-order valence-electron chi connectivity index (χ2n) is 13.2. The monoisotopic (exact) mass is 680 g/mol. The molecule has 0 atom stereocenters. The van der Waals surface area contributed by atoms with Gasteiger partial charge >= 0.3 is 0 Å². The highest BCUT2D eigenvalue weighted by Gasteiger charge is 2.22. The zero-order valence-corrected chi connectivity index (χ0v) is 28.7. The minimum Gasteiger partial charge on any atom is -0.455 e. The molecule has 0 bridgehead atoms. The van der Waals surface area contributed by atoms with Crippen LogP contribution < -0.4 is 4.90 Å². The molecular weight excluding hydrogens is 649 g/mol. The number of furan rings is 1. The normalized spacial score (nSPS) is 11.4. The van der Waals surface area contributed by atoms with E-state index in [1.807, 2.05) is 54.6 Å². The molecular formula is C49H32N2O2. The molecule has 4 heteroatoms. The Bertz CT molecular complexity index is 2860. The van der Waals surface area contributed by atoms with Crippen molar-refractivity contribution in [2.75, 3.05) is 4.90 Å². The van der Waals surface area contributed by atoms with Gasteiger partial charge < -0.3 is 13.7 Å². The second kappa shape index (κ2) is 12.9. The van der Waals surface area contributed by atoms with E-state index in [9.17, 15) is 0 Å². The van der Waals surface area contributed by atoms with Crippen molar-refractivity contribution in [2.24, 2.45) is 0 Å². The van der Waals surface area contributed by atoms with Gasteiger partial charge in [-0.2, -0.15) is 0 Å². The number of fused-ring (bicyclic) bond motifs is 4. The van der Waals surface area contributed by atoms with E-state index < -0.39 is 0 Å². The summed E-state index contributed by atoms with van der Waals surface area (Å²) in [6, 6.07) is 67.5. The lowest BCUT2D eigenvalue weighted by molar-refractivity contribution is 0.620. The van der Waals surface area contributed by atoms with Crippen LogP contribution in [0.1, 0.15) is 0 Å². The second-order valence-corrected chi connectivity index (χ2v) is 13.2. The Hall–Kier alpha value is -7.17. The Morgan fingerprint density at radius 2 is 0.906 bits per heavy atom. The zero-order chi connectivity index (χ0) is 35.1. The van der Waals surface area contributed by atoms with Gasteiger partial charge in [0, 0.05) is 33.4 Å². The highest BCUT2D eigenvalue weighted by molar-refractivity contribution is 6.16. The molecule has 4 nitrogen and oxygen atoms in total. The minimum absolute atomic E-state index is 0.584. The Labute approximate surface area is 306 Å². The smallest absolute Gasteiger partial charge is 0.227 e. The van der Waals surface area contributed by atoms with E-state index in [0.29, 0.717) is 5.89 Å². The van der Waals surface area contributed by atoms with Gasteiger partial charge in [-0.05, 0) is 88.5 Å². The van der Waals surface area contributed by atoms with Crippen molar-refractivity contribution in [1.29, 1.82) is 0 Å². The number of anilines is 3. The maximum atomic E-state index is 6.57. The standard InChI is InChI=1S/C49H32N2O2/c1-4-13-33(14-5-1)34-23-25-35(26-24-34)38-17-12-20-41(31-38)51(39-18-8-3-9-19-39)40-29-27-36(28-30-40)46-47-45(53-49(50-47)37-15-6-2-7-16-37)32-43-42-21-10-11-22-44(42)52-48(43)46/h1-32H. The molecule has 8 aromatic carbocycles. The highest BCUT2D eigenvalue weighted by Crippen LogP contribution is 2.44. The fraction of sp³-hybridized carbons (Fsp3) is 0. The van der Waals surface area contributed by atoms with E-state index in [4.69, 9.17) is 13.8 Å². The molecule has 0 aliphatic carbocycles. The van der Waals surface area contributed by atoms with Crippen LogP contribution in [-0.4, -0.2) is 4.98 Å². The first-order valence-electron chi connectivity index (χ1n) is 17.8. The quantitative estimate of drug-likeness (QED) is 0.168. The van der Waals surface area contributed by atoms with Crippen LogP contribution in [0.15, 0.2) is 203 Å². The molecule has 0 radical (unpaired) electrons. The average Bonchev–Trinajstić information content (AvgIpc) is 3.83. The average molecular weight is 681 g/mol. The van der Waals surface area contributed by atoms with Crippen molar-refractivity contribution in [1.82, 2.24) is 4.98 Å². The number of rotatable bonds is 7. The van der Waals surface area contributed by atoms with Gasteiger partial charge in [-0.15, -0.1) is 0 Å². The van der Waals surface area contributed by atoms with E-state index in [2.05, 4.69) is 144 Å². The molecule has 0 saturated heterocycles. The molecule has 53 heavy (non-hydrogen) atoms. The first-order chi connectivity index (χ1) is 26.3. The Morgan fingerprint density at radius 1 is 0.358 bits per heavy atom. The van der Waals surface area contributed by atoms with E-state index in [1.165, 1.54) is 16.7 Å². The SMILES string of the molecule is c1ccc(-c2ccc(-c3cccc(N(c4ccccc4)c4ccc(-c5c6nc(-c7ccccc7)oc6cc6c5oc5ccccc56)cc4)c3)cc2)cc1. The van der Waals surface area contributed by atoms with Crippen molar-refractivity contribution in [2.45, 2.75) is 0 Å². The Morgan fingerprint density at radius 3 is 1.64 bits per heavy atom. The largest absolute Gasteiger partial charge is 0.455 e. The van der Waals surface area contributed by atoms with Crippen molar-refractivity contribution in [3.63, 3.8) is 0 Å². The maximum absolute atomic E-state index is 6.57. The number of benzene rings is 8. The molecule has 10 rings (SSSR count). The lowest BCUT2D eigenvalue weighted by Crippen LogP contribution is -2.09. The van der Waals surface area contributed by atoms with Crippen LogP contribution in [0.4, 0.5) is 17.1 Å². The minimum atomic E-state index is 0.584. The third-order valence-electron chi connectivity index (χ3n) is 9.91. The molecule has 0 saturated carbocycles. The number of hydrogen-bond donors (Lipinski definition) is 0.